The summed E-state index contributed by atoms with van der Waals surface area (Å²) in [5, 5.41) is 0. The molecule has 0 aliphatic carbocycles. The van der Waals surface area contributed by atoms with Gasteiger partial charge in [-0.1, -0.05) is 0 Å². The van der Waals surface area contributed by atoms with Crippen molar-refractivity contribution in [1.82, 2.24) is 9.88 Å². The van der Waals surface area contributed by atoms with Crippen LogP contribution < -0.4 is 5.73 Å². The maximum absolute atomic E-state index is 5.65. The number of aryl methyl sites for hydroxylation is 1. The minimum atomic E-state index is 0. The van der Waals surface area contributed by atoms with E-state index >= 15 is 0 Å². The van der Waals surface area contributed by atoms with Gasteiger partial charge in [0.15, 0.2) is 0 Å². The van der Waals surface area contributed by atoms with Gasteiger partial charge < -0.3 is 10.6 Å². The van der Waals surface area contributed by atoms with E-state index in [1.165, 1.54) is 49.5 Å². The molecule has 0 saturated carbocycles. The first-order valence-corrected chi connectivity index (χ1v) is 7.49. The van der Waals surface area contributed by atoms with Crippen LogP contribution >= 0.6 is 36.2 Å². The highest BCUT2D eigenvalue weighted by Gasteiger charge is 2.19. The molecule has 6 heteroatoms. The Morgan fingerprint density at radius 3 is 2.89 bits per heavy atom. The molecule has 3 nitrogen and oxygen atoms in total. The third-order valence-corrected chi connectivity index (χ3v) is 4.67. The molecule has 2 rings (SSSR count). The van der Waals surface area contributed by atoms with Gasteiger partial charge in [-0.25, -0.2) is 4.98 Å². The van der Waals surface area contributed by atoms with E-state index in [-0.39, 0.29) is 24.8 Å². The van der Waals surface area contributed by atoms with Crippen molar-refractivity contribution in [1.29, 1.82) is 0 Å². The van der Waals surface area contributed by atoms with Gasteiger partial charge >= 0.3 is 0 Å². The normalized spacial score (nSPS) is 19.6. The summed E-state index contributed by atoms with van der Waals surface area (Å²) in [4.78, 5) is 8.36. The van der Waals surface area contributed by atoms with Crippen molar-refractivity contribution < 1.29 is 0 Å². The van der Waals surface area contributed by atoms with Crippen molar-refractivity contribution in [3.8, 4) is 0 Å². The number of nitrogens with zero attached hydrogens (tertiary/aromatic N) is 2. The van der Waals surface area contributed by atoms with Gasteiger partial charge in [0, 0.05) is 18.0 Å². The molecule has 1 atom stereocenters. The number of nitrogens with two attached hydrogens (primary N) is 1. The van der Waals surface area contributed by atoms with Crippen LogP contribution in [0, 0.1) is 12.8 Å². The minimum absolute atomic E-state index is 0. The maximum atomic E-state index is 5.65. The number of rotatable bonds is 5. The van der Waals surface area contributed by atoms with Gasteiger partial charge in [0.05, 0.1) is 11.2 Å². The smallest absolute Gasteiger partial charge is 0.0797 e. The Bertz CT molecular complexity index is 344. The molecule has 0 aromatic carbocycles. The van der Waals surface area contributed by atoms with Crippen molar-refractivity contribution in [3.05, 3.63) is 16.1 Å². The molecule has 1 fully saturated rings. The molecule has 1 aromatic rings. The number of hydrogen-bond donors (Lipinski definition) is 1. The maximum Gasteiger partial charge on any atom is 0.0797 e. The molecular formula is C13H25Cl2N3S. The van der Waals surface area contributed by atoms with E-state index in [9.17, 15) is 0 Å². The molecule has 1 aliphatic rings. The lowest BCUT2D eigenvalue weighted by molar-refractivity contribution is 0.172. The summed E-state index contributed by atoms with van der Waals surface area (Å²) in [7, 11) is 0. The number of halogens is 2. The molecule has 0 bridgehead atoms. The Labute approximate surface area is 132 Å². The van der Waals surface area contributed by atoms with Gasteiger partial charge in [-0.05, 0) is 51.6 Å². The summed E-state index contributed by atoms with van der Waals surface area (Å²) in [6, 6.07) is 0. The average Bonchev–Trinajstić information content (AvgIpc) is 2.73. The molecular weight excluding hydrogens is 301 g/mol. The Balaban J connectivity index is 0.00000162. The zero-order chi connectivity index (χ0) is 12.1. The molecule has 1 unspecified atom stereocenters. The van der Waals surface area contributed by atoms with Gasteiger partial charge in [-0.15, -0.1) is 36.2 Å². The van der Waals surface area contributed by atoms with Crippen LogP contribution in [0.3, 0.4) is 0 Å². The quantitative estimate of drug-likeness (QED) is 0.905. The Hall–Kier alpha value is 0.130. The number of thiazole rings is 1. The summed E-state index contributed by atoms with van der Waals surface area (Å²) in [6.07, 6.45) is 5.06. The van der Waals surface area contributed by atoms with E-state index in [1.54, 1.807) is 11.3 Å². The van der Waals surface area contributed by atoms with Gasteiger partial charge in [0.2, 0.25) is 0 Å². The summed E-state index contributed by atoms with van der Waals surface area (Å²) in [6.45, 7) is 6.64. The summed E-state index contributed by atoms with van der Waals surface area (Å²) in [5.41, 5.74) is 8.82. The number of likely N-dealkylation sites (tertiary alicyclic amines) is 1. The van der Waals surface area contributed by atoms with Crippen molar-refractivity contribution in [2.24, 2.45) is 11.7 Å². The van der Waals surface area contributed by atoms with Crippen molar-refractivity contribution in [2.45, 2.75) is 32.6 Å². The van der Waals surface area contributed by atoms with Crippen LogP contribution in [0.4, 0.5) is 0 Å². The van der Waals surface area contributed by atoms with E-state index in [2.05, 4.69) is 16.8 Å². The van der Waals surface area contributed by atoms with E-state index in [0.717, 1.165) is 18.9 Å². The van der Waals surface area contributed by atoms with Gasteiger partial charge in [-0.3, -0.25) is 0 Å². The minimum Gasteiger partial charge on any atom is -0.330 e. The van der Waals surface area contributed by atoms with E-state index < -0.39 is 0 Å². The van der Waals surface area contributed by atoms with Crippen molar-refractivity contribution in [2.75, 3.05) is 26.2 Å². The van der Waals surface area contributed by atoms with Crippen LogP contribution in [0.2, 0.25) is 0 Å². The second-order valence-corrected chi connectivity index (χ2v) is 5.94. The highest BCUT2D eigenvalue weighted by atomic mass is 35.5. The molecule has 1 aromatic heterocycles. The first-order chi connectivity index (χ1) is 8.29. The topological polar surface area (TPSA) is 42.2 Å². The van der Waals surface area contributed by atoms with Crippen LogP contribution in [0.1, 0.15) is 29.8 Å². The zero-order valence-electron chi connectivity index (χ0n) is 11.5. The number of aromatic nitrogens is 1. The second-order valence-electron chi connectivity index (χ2n) is 5.00. The first-order valence-electron chi connectivity index (χ1n) is 6.61. The van der Waals surface area contributed by atoms with Gasteiger partial charge in [-0.2, -0.15) is 0 Å². The fraction of sp³-hybridized carbons (Fsp3) is 0.769. The molecule has 0 spiro atoms. The molecule has 1 aliphatic heterocycles. The van der Waals surface area contributed by atoms with Crippen molar-refractivity contribution in [3.63, 3.8) is 0 Å². The Morgan fingerprint density at radius 1 is 1.47 bits per heavy atom. The zero-order valence-corrected chi connectivity index (χ0v) is 14.0. The van der Waals surface area contributed by atoms with Crippen LogP contribution in [0.5, 0.6) is 0 Å². The Kier molecular flexibility index (Phi) is 10.0. The average molecular weight is 326 g/mol. The van der Waals surface area contributed by atoms with E-state index in [4.69, 9.17) is 5.73 Å². The molecule has 2 heterocycles. The van der Waals surface area contributed by atoms with E-state index in [0.29, 0.717) is 0 Å². The van der Waals surface area contributed by atoms with Gasteiger partial charge in [0.1, 0.15) is 0 Å². The Morgan fingerprint density at radius 2 is 2.26 bits per heavy atom. The standard InChI is InChI=1S/C13H23N3S.2ClH/c1-11-13(17-10-15-11)5-8-16-7-2-3-12(9-16)4-6-14;;/h10,12H,2-9,14H2,1H3;2*1H. The molecule has 2 N–H and O–H groups in total. The van der Waals surface area contributed by atoms with Crippen molar-refractivity contribution >= 4 is 36.2 Å². The third kappa shape index (κ3) is 5.96. The third-order valence-electron chi connectivity index (χ3n) is 3.68. The summed E-state index contributed by atoms with van der Waals surface area (Å²) >= 11 is 1.79. The second kappa shape index (κ2) is 9.94. The molecule has 0 radical (unpaired) electrons. The lowest BCUT2D eigenvalue weighted by Gasteiger charge is -2.32. The predicted molar refractivity (Wildman–Crippen MR) is 87.9 cm³/mol. The predicted octanol–water partition coefficient (Wildman–Crippen LogP) is 2.90. The molecule has 1 saturated heterocycles. The monoisotopic (exact) mass is 325 g/mol. The van der Waals surface area contributed by atoms with Gasteiger partial charge in [0.25, 0.3) is 0 Å². The van der Waals surface area contributed by atoms with Crippen LogP contribution in [-0.2, 0) is 6.42 Å². The SMILES string of the molecule is Cc1ncsc1CCN1CCCC(CCN)C1.Cl.Cl. The van der Waals surface area contributed by atoms with Crippen LogP contribution in [0.25, 0.3) is 0 Å². The number of piperidine rings is 1. The molecule has 112 valence electrons. The summed E-state index contributed by atoms with van der Waals surface area (Å²) in [5.74, 6) is 0.830. The fourth-order valence-corrected chi connectivity index (χ4v) is 3.42. The van der Waals surface area contributed by atoms with Crippen LogP contribution in [0.15, 0.2) is 5.51 Å². The largest absolute Gasteiger partial charge is 0.330 e. The molecule has 0 amide bonds. The lowest BCUT2D eigenvalue weighted by Crippen LogP contribution is -2.37. The van der Waals surface area contributed by atoms with Crippen LogP contribution in [-0.4, -0.2) is 36.1 Å². The lowest BCUT2D eigenvalue weighted by atomic mass is 9.95. The first kappa shape index (κ1) is 19.1. The molecule has 19 heavy (non-hydrogen) atoms. The fourth-order valence-electron chi connectivity index (χ4n) is 2.65. The highest BCUT2D eigenvalue weighted by molar-refractivity contribution is 7.09. The number of hydrogen-bond acceptors (Lipinski definition) is 4. The highest BCUT2D eigenvalue weighted by Crippen LogP contribution is 2.20. The summed E-state index contributed by atoms with van der Waals surface area (Å²) < 4.78 is 0. The van der Waals surface area contributed by atoms with E-state index in [1.807, 2.05) is 5.51 Å².